The summed E-state index contributed by atoms with van der Waals surface area (Å²) in [6.07, 6.45) is 3.73. The van der Waals surface area contributed by atoms with Gasteiger partial charge >= 0.3 is 0 Å². The number of fused-ring (bicyclic) bond motifs is 1. The highest BCUT2D eigenvalue weighted by molar-refractivity contribution is 7.98. The molecule has 2 aromatic carbocycles. The molecule has 154 valence electrons. The third-order valence-corrected chi connectivity index (χ3v) is 6.19. The molecule has 0 unspecified atom stereocenters. The maximum absolute atomic E-state index is 13.4. The summed E-state index contributed by atoms with van der Waals surface area (Å²) in [7, 11) is 0. The Labute approximate surface area is 183 Å². The molecule has 0 radical (unpaired) electrons. The van der Waals surface area contributed by atoms with Gasteiger partial charge in [-0.1, -0.05) is 11.3 Å². The topological polar surface area (TPSA) is 55.6 Å². The van der Waals surface area contributed by atoms with Crippen LogP contribution in [-0.2, 0) is 6.54 Å². The van der Waals surface area contributed by atoms with Crippen molar-refractivity contribution < 1.29 is 13.9 Å². The fourth-order valence-electron chi connectivity index (χ4n) is 3.02. The Hall–Kier alpha value is -2.77. The lowest BCUT2D eigenvalue weighted by atomic mass is 10.2. The first kappa shape index (κ1) is 20.5. The Morgan fingerprint density at radius 1 is 1.20 bits per heavy atom. The van der Waals surface area contributed by atoms with E-state index in [1.54, 1.807) is 35.1 Å². The zero-order valence-electron chi connectivity index (χ0n) is 17.0. The van der Waals surface area contributed by atoms with E-state index >= 15 is 0 Å². The van der Waals surface area contributed by atoms with Crippen LogP contribution in [0.5, 0.6) is 5.75 Å². The lowest BCUT2D eigenvalue weighted by molar-refractivity contribution is 0.0983. The van der Waals surface area contributed by atoms with E-state index in [2.05, 4.69) is 6.07 Å². The standard InChI is InChI=1S/C23H22N2O3S2/c1-15(2)28-17-8-6-16(7-9-17)22(26)25(14-18-5-4-12-27-18)23-24-20-11-10-19(29-3)13-21(20)30-23/h4-13,15H,14H2,1-3H3. The number of rotatable bonds is 7. The summed E-state index contributed by atoms with van der Waals surface area (Å²) in [5.41, 5.74) is 1.45. The summed E-state index contributed by atoms with van der Waals surface area (Å²) >= 11 is 3.19. The number of thioether (sulfide) groups is 1. The van der Waals surface area contributed by atoms with E-state index in [9.17, 15) is 4.79 Å². The molecule has 0 saturated heterocycles. The lowest BCUT2D eigenvalue weighted by Gasteiger charge is -2.19. The van der Waals surface area contributed by atoms with E-state index in [-0.39, 0.29) is 12.0 Å². The summed E-state index contributed by atoms with van der Waals surface area (Å²) in [5, 5.41) is 0.646. The smallest absolute Gasteiger partial charge is 0.260 e. The average molecular weight is 439 g/mol. The van der Waals surface area contributed by atoms with Crippen LogP contribution in [0.2, 0.25) is 0 Å². The monoisotopic (exact) mass is 438 g/mol. The molecule has 4 rings (SSSR count). The number of ether oxygens (including phenoxy) is 1. The molecule has 1 amide bonds. The Morgan fingerprint density at radius 2 is 2.00 bits per heavy atom. The predicted octanol–water partition coefficient (Wildman–Crippen LogP) is 6.25. The van der Waals surface area contributed by atoms with Gasteiger partial charge in [0.1, 0.15) is 11.5 Å². The lowest BCUT2D eigenvalue weighted by Crippen LogP contribution is -2.30. The van der Waals surface area contributed by atoms with Gasteiger partial charge in [0.15, 0.2) is 5.13 Å². The number of thiazole rings is 1. The highest BCUT2D eigenvalue weighted by atomic mass is 32.2. The van der Waals surface area contributed by atoms with Crippen molar-refractivity contribution in [3.63, 3.8) is 0 Å². The molecule has 0 spiro atoms. The number of benzene rings is 2. The van der Waals surface area contributed by atoms with Crippen molar-refractivity contribution in [2.24, 2.45) is 0 Å². The van der Waals surface area contributed by atoms with Crippen LogP contribution >= 0.6 is 23.1 Å². The average Bonchev–Trinajstić information content (AvgIpc) is 3.40. The van der Waals surface area contributed by atoms with Crippen molar-refractivity contribution in [3.8, 4) is 5.75 Å². The number of anilines is 1. The van der Waals surface area contributed by atoms with Gasteiger partial charge in [-0.3, -0.25) is 9.69 Å². The molecule has 0 saturated carbocycles. The van der Waals surface area contributed by atoms with Crippen molar-refractivity contribution in [2.45, 2.75) is 31.4 Å². The van der Waals surface area contributed by atoms with Crippen LogP contribution in [0.1, 0.15) is 30.0 Å². The molecule has 5 nitrogen and oxygen atoms in total. The molecule has 0 aliphatic carbocycles. The van der Waals surface area contributed by atoms with Gasteiger partial charge in [0.05, 0.1) is 29.1 Å². The fourth-order valence-corrected chi connectivity index (χ4v) is 4.54. The van der Waals surface area contributed by atoms with Crippen molar-refractivity contribution in [1.29, 1.82) is 0 Å². The zero-order chi connectivity index (χ0) is 21.1. The molecule has 0 bridgehead atoms. The van der Waals surface area contributed by atoms with Gasteiger partial charge < -0.3 is 9.15 Å². The van der Waals surface area contributed by atoms with Crippen molar-refractivity contribution in [2.75, 3.05) is 11.2 Å². The summed E-state index contributed by atoms with van der Waals surface area (Å²) < 4.78 is 12.2. The first-order chi connectivity index (χ1) is 14.5. The third kappa shape index (κ3) is 4.52. The maximum Gasteiger partial charge on any atom is 0.260 e. The minimum absolute atomic E-state index is 0.0796. The van der Waals surface area contributed by atoms with Gasteiger partial charge in [-0.15, -0.1) is 11.8 Å². The van der Waals surface area contributed by atoms with Gasteiger partial charge in [0.2, 0.25) is 0 Å². The van der Waals surface area contributed by atoms with Gasteiger partial charge in [-0.05, 0) is 74.7 Å². The molecule has 0 fully saturated rings. The summed E-state index contributed by atoms with van der Waals surface area (Å²) in [4.78, 5) is 21.0. The number of carbonyl (C=O) groups excluding carboxylic acids is 1. The second-order valence-corrected chi connectivity index (χ2v) is 8.88. The molecule has 0 N–H and O–H groups in total. The molecular formula is C23H22N2O3S2. The molecule has 0 aliphatic rings. The number of amides is 1. The highest BCUT2D eigenvalue weighted by Crippen LogP contribution is 2.33. The molecule has 2 heterocycles. The maximum atomic E-state index is 13.4. The minimum Gasteiger partial charge on any atom is -0.491 e. The largest absolute Gasteiger partial charge is 0.491 e. The summed E-state index contributed by atoms with van der Waals surface area (Å²) in [6, 6.07) is 17.0. The van der Waals surface area contributed by atoms with Gasteiger partial charge in [0.25, 0.3) is 5.91 Å². The molecule has 2 aromatic heterocycles. The molecule has 0 atom stereocenters. The van der Waals surface area contributed by atoms with Crippen molar-refractivity contribution in [1.82, 2.24) is 4.98 Å². The number of furan rings is 1. The van der Waals surface area contributed by atoms with E-state index in [4.69, 9.17) is 14.1 Å². The Bertz CT molecular complexity index is 1140. The fraction of sp³-hybridized carbons (Fsp3) is 0.217. The van der Waals surface area contributed by atoms with Crippen LogP contribution in [0.3, 0.4) is 0 Å². The van der Waals surface area contributed by atoms with E-state index in [0.29, 0.717) is 23.0 Å². The van der Waals surface area contributed by atoms with E-state index in [1.807, 2.05) is 56.5 Å². The number of hydrogen-bond donors (Lipinski definition) is 0. The third-order valence-electron chi connectivity index (χ3n) is 4.43. The Morgan fingerprint density at radius 3 is 2.67 bits per heavy atom. The Balaban J connectivity index is 1.68. The van der Waals surface area contributed by atoms with Crippen LogP contribution in [0.25, 0.3) is 10.2 Å². The Kier molecular flexibility index (Phi) is 6.11. The van der Waals surface area contributed by atoms with E-state index < -0.39 is 0 Å². The SMILES string of the molecule is CSc1ccc2nc(N(Cc3ccco3)C(=O)c3ccc(OC(C)C)cc3)sc2c1. The minimum atomic E-state index is -0.133. The molecule has 7 heteroatoms. The number of carbonyl (C=O) groups is 1. The second-order valence-electron chi connectivity index (χ2n) is 6.99. The highest BCUT2D eigenvalue weighted by Gasteiger charge is 2.23. The quantitative estimate of drug-likeness (QED) is 0.319. The zero-order valence-corrected chi connectivity index (χ0v) is 18.6. The molecule has 30 heavy (non-hydrogen) atoms. The van der Waals surface area contributed by atoms with Gasteiger partial charge in [-0.25, -0.2) is 4.98 Å². The number of hydrogen-bond acceptors (Lipinski definition) is 6. The van der Waals surface area contributed by atoms with Crippen LogP contribution in [0.15, 0.2) is 70.2 Å². The van der Waals surface area contributed by atoms with Gasteiger partial charge in [0, 0.05) is 10.5 Å². The van der Waals surface area contributed by atoms with Crippen LogP contribution in [0, 0.1) is 0 Å². The van der Waals surface area contributed by atoms with E-state index in [0.717, 1.165) is 16.0 Å². The first-order valence-electron chi connectivity index (χ1n) is 9.59. The summed E-state index contributed by atoms with van der Waals surface area (Å²) in [5.74, 6) is 1.31. The van der Waals surface area contributed by atoms with Crippen LogP contribution < -0.4 is 9.64 Å². The van der Waals surface area contributed by atoms with Crippen LogP contribution in [-0.4, -0.2) is 23.3 Å². The molecule has 4 aromatic rings. The predicted molar refractivity (Wildman–Crippen MR) is 123 cm³/mol. The van der Waals surface area contributed by atoms with Crippen molar-refractivity contribution in [3.05, 3.63) is 72.2 Å². The van der Waals surface area contributed by atoms with E-state index in [1.165, 1.54) is 16.2 Å². The first-order valence-corrected chi connectivity index (χ1v) is 11.6. The van der Waals surface area contributed by atoms with Crippen LogP contribution in [0.4, 0.5) is 5.13 Å². The molecular weight excluding hydrogens is 416 g/mol. The van der Waals surface area contributed by atoms with Crippen molar-refractivity contribution >= 4 is 44.4 Å². The number of aromatic nitrogens is 1. The summed E-state index contributed by atoms with van der Waals surface area (Å²) in [6.45, 7) is 4.25. The molecule has 0 aliphatic heterocycles. The normalized spacial score (nSPS) is 11.2. The second kappa shape index (κ2) is 8.93. The number of nitrogens with zero attached hydrogens (tertiary/aromatic N) is 2. The van der Waals surface area contributed by atoms with Gasteiger partial charge in [-0.2, -0.15) is 0 Å².